The van der Waals surface area contributed by atoms with Gasteiger partial charge in [-0.05, 0) is 29.6 Å². The van der Waals surface area contributed by atoms with Crippen molar-refractivity contribution in [1.29, 1.82) is 0 Å². The van der Waals surface area contributed by atoms with Crippen LogP contribution in [0.4, 0.5) is 11.5 Å². The van der Waals surface area contributed by atoms with Gasteiger partial charge in [0.1, 0.15) is 6.33 Å². The number of rotatable bonds is 2. The zero-order chi connectivity index (χ0) is 11.7. The van der Waals surface area contributed by atoms with Crippen molar-refractivity contribution in [3.63, 3.8) is 0 Å². The fourth-order valence-corrected chi connectivity index (χ4v) is 2.56. The summed E-state index contributed by atoms with van der Waals surface area (Å²) < 4.78 is 1.05. The molecule has 0 aliphatic rings. The van der Waals surface area contributed by atoms with Gasteiger partial charge in [0.2, 0.25) is 0 Å². The van der Waals surface area contributed by atoms with Crippen LogP contribution in [-0.4, -0.2) is 9.97 Å². The number of nitrogens with zero attached hydrogens (tertiary/aromatic N) is 2. The minimum Gasteiger partial charge on any atom is -0.339 e. The van der Waals surface area contributed by atoms with Crippen molar-refractivity contribution < 1.29 is 0 Å². The van der Waals surface area contributed by atoms with Crippen molar-refractivity contribution in [1.82, 2.24) is 9.97 Å². The normalized spacial score (nSPS) is 10.6. The molecule has 0 atom stereocenters. The van der Waals surface area contributed by atoms with Crippen LogP contribution in [0.1, 0.15) is 0 Å². The minimum absolute atomic E-state index is 0.700. The van der Waals surface area contributed by atoms with Crippen molar-refractivity contribution in [3.05, 3.63) is 47.1 Å². The largest absolute Gasteiger partial charge is 0.339 e. The monoisotopic (exact) mass is 261 g/mol. The molecule has 3 rings (SSSR count). The third-order valence-corrected chi connectivity index (χ3v) is 3.48. The Kier molecular flexibility index (Phi) is 2.66. The summed E-state index contributed by atoms with van der Waals surface area (Å²) in [5.41, 5.74) is 1.88. The first-order valence-electron chi connectivity index (χ1n) is 5.04. The first-order valence-corrected chi connectivity index (χ1v) is 6.29. The lowest BCUT2D eigenvalue weighted by Crippen LogP contribution is -1.93. The van der Waals surface area contributed by atoms with Gasteiger partial charge in [0.15, 0.2) is 5.82 Å². The van der Waals surface area contributed by atoms with Gasteiger partial charge in [-0.15, -0.1) is 11.3 Å². The molecule has 2 heterocycles. The molecule has 0 radical (unpaired) electrons. The van der Waals surface area contributed by atoms with Gasteiger partial charge in [0.05, 0.1) is 10.2 Å². The number of aromatic nitrogens is 2. The van der Waals surface area contributed by atoms with Crippen molar-refractivity contribution in [2.75, 3.05) is 5.32 Å². The second-order valence-electron chi connectivity index (χ2n) is 3.49. The molecule has 5 heteroatoms. The van der Waals surface area contributed by atoms with Crippen molar-refractivity contribution >= 4 is 44.7 Å². The van der Waals surface area contributed by atoms with E-state index in [2.05, 4.69) is 15.3 Å². The van der Waals surface area contributed by atoms with Crippen LogP contribution in [-0.2, 0) is 0 Å². The van der Waals surface area contributed by atoms with Gasteiger partial charge < -0.3 is 5.32 Å². The van der Waals surface area contributed by atoms with Gasteiger partial charge in [0, 0.05) is 10.7 Å². The van der Waals surface area contributed by atoms with E-state index in [0.29, 0.717) is 5.02 Å². The summed E-state index contributed by atoms with van der Waals surface area (Å²) >= 11 is 7.55. The summed E-state index contributed by atoms with van der Waals surface area (Å²) in [5, 5.41) is 5.95. The highest BCUT2D eigenvalue weighted by atomic mass is 35.5. The molecule has 1 aromatic carbocycles. The smallest absolute Gasteiger partial charge is 0.151 e. The fourth-order valence-electron chi connectivity index (χ4n) is 1.58. The molecule has 84 valence electrons. The molecule has 0 aliphatic heterocycles. The maximum absolute atomic E-state index is 5.94. The molecule has 0 unspecified atom stereocenters. The Labute approximate surface area is 107 Å². The molecule has 1 N–H and O–H groups in total. The molecule has 0 bridgehead atoms. The Hall–Kier alpha value is -1.65. The second-order valence-corrected chi connectivity index (χ2v) is 4.85. The number of hydrogen-bond acceptors (Lipinski definition) is 4. The zero-order valence-corrected chi connectivity index (χ0v) is 10.3. The van der Waals surface area contributed by atoms with Gasteiger partial charge in [0.25, 0.3) is 0 Å². The van der Waals surface area contributed by atoms with Crippen LogP contribution in [0.2, 0.25) is 5.02 Å². The van der Waals surface area contributed by atoms with Crippen LogP contribution < -0.4 is 5.32 Å². The van der Waals surface area contributed by atoms with Gasteiger partial charge >= 0.3 is 0 Å². The number of benzene rings is 1. The predicted molar refractivity (Wildman–Crippen MR) is 72.1 cm³/mol. The summed E-state index contributed by atoms with van der Waals surface area (Å²) in [5.74, 6) is 0.812. The van der Waals surface area contributed by atoms with E-state index >= 15 is 0 Å². The SMILES string of the molecule is Clc1cccc(Nc2ncnc3ccsc23)c1. The van der Waals surface area contributed by atoms with E-state index in [1.807, 2.05) is 35.7 Å². The fraction of sp³-hybridized carbons (Fsp3) is 0. The van der Waals surface area contributed by atoms with Crippen molar-refractivity contribution in [2.24, 2.45) is 0 Å². The molecule has 17 heavy (non-hydrogen) atoms. The molecule has 0 spiro atoms. The van der Waals surface area contributed by atoms with Gasteiger partial charge in [-0.3, -0.25) is 0 Å². The molecule has 3 nitrogen and oxygen atoms in total. The van der Waals surface area contributed by atoms with Crippen molar-refractivity contribution in [3.8, 4) is 0 Å². The van der Waals surface area contributed by atoms with Crippen LogP contribution >= 0.6 is 22.9 Å². The molecular weight excluding hydrogens is 254 g/mol. The lowest BCUT2D eigenvalue weighted by atomic mass is 10.3. The van der Waals surface area contributed by atoms with E-state index in [0.717, 1.165) is 21.7 Å². The molecular formula is C12H8ClN3S. The predicted octanol–water partition coefficient (Wildman–Crippen LogP) is 4.09. The highest BCUT2D eigenvalue weighted by molar-refractivity contribution is 7.17. The summed E-state index contributed by atoms with van der Waals surface area (Å²) in [6.07, 6.45) is 1.56. The first-order chi connectivity index (χ1) is 8.33. The highest BCUT2D eigenvalue weighted by Gasteiger charge is 2.04. The Balaban J connectivity index is 2.02. The summed E-state index contributed by atoms with van der Waals surface area (Å²) in [6.45, 7) is 0. The Morgan fingerprint density at radius 3 is 3.00 bits per heavy atom. The molecule has 0 aliphatic carbocycles. The third kappa shape index (κ3) is 2.09. The van der Waals surface area contributed by atoms with E-state index < -0.39 is 0 Å². The Bertz CT molecular complexity index is 665. The molecule has 0 saturated carbocycles. The number of halogens is 1. The van der Waals surface area contributed by atoms with E-state index in [1.54, 1.807) is 17.7 Å². The first kappa shape index (κ1) is 10.5. The van der Waals surface area contributed by atoms with Gasteiger partial charge in [-0.2, -0.15) is 0 Å². The van der Waals surface area contributed by atoms with Crippen LogP contribution in [0.15, 0.2) is 42.0 Å². The quantitative estimate of drug-likeness (QED) is 0.755. The highest BCUT2D eigenvalue weighted by Crippen LogP contribution is 2.27. The molecule has 0 amide bonds. The maximum atomic E-state index is 5.94. The number of nitrogens with one attached hydrogen (secondary N) is 1. The minimum atomic E-state index is 0.700. The van der Waals surface area contributed by atoms with E-state index in [4.69, 9.17) is 11.6 Å². The topological polar surface area (TPSA) is 37.8 Å². The standard InChI is InChI=1S/C12H8ClN3S/c13-8-2-1-3-9(6-8)16-12-11-10(4-5-17-11)14-7-15-12/h1-7H,(H,14,15,16). The van der Waals surface area contributed by atoms with Crippen LogP contribution in [0, 0.1) is 0 Å². The summed E-state index contributed by atoms with van der Waals surface area (Å²) in [7, 11) is 0. The van der Waals surface area contributed by atoms with Gasteiger partial charge in [-0.25, -0.2) is 9.97 Å². The van der Waals surface area contributed by atoms with E-state index in [9.17, 15) is 0 Å². The molecule has 3 aromatic rings. The average molecular weight is 262 g/mol. The van der Waals surface area contributed by atoms with Crippen molar-refractivity contribution in [2.45, 2.75) is 0 Å². The van der Waals surface area contributed by atoms with E-state index in [1.165, 1.54) is 0 Å². The number of hydrogen-bond donors (Lipinski definition) is 1. The van der Waals surface area contributed by atoms with E-state index in [-0.39, 0.29) is 0 Å². The number of anilines is 2. The lowest BCUT2D eigenvalue weighted by Gasteiger charge is -2.06. The van der Waals surface area contributed by atoms with Crippen LogP contribution in [0.3, 0.4) is 0 Å². The van der Waals surface area contributed by atoms with Crippen LogP contribution in [0.25, 0.3) is 10.2 Å². The summed E-state index contributed by atoms with van der Waals surface area (Å²) in [6, 6.07) is 9.53. The number of thiophene rings is 1. The zero-order valence-electron chi connectivity index (χ0n) is 8.72. The Morgan fingerprint density at radius 1 is 1.18 bits per heavy atom. The molecule has 0 saturated heterocycles. The summed E-state index contributed by atoms with van der Waals surface area (Å²) in [4.78, 5) is 8.44. The maximum Gasteiger partial charge on any atom is 0.151 e. The lowest BCUT2D eigenvalue weighted by molar-refractivity contribution is 1.23. The second kappa shape index (κ2) is 4.31. The molecule has 0 fully saturated rings. The van der Waals surface area contributed by atoms with Crippen LogP contribution in [0.5, 0.6) is 0 Å². The van der Waals surface area contributed by atoms with Gasteiger partial charge in [-0.1, -0.05) is 17.7 Å². The third-order valence-electron chi connectivity index (χ3n) is 2.33. The molecule has 2 aromatic heterocycles. The Morgan fingerprint density at radius 2 is 2.12 bits per heavy atom. The number of fused-ring (bicyclic) bond motifs is 1. The average Bonchev–Trinajstić information content (AvgIpc) is 2.78.